The Labute approximate surface area is 175 Å². The summed E-state index contributed by atoms with van der Waals surface area (Å²) in [6, 6.07) is 11.4. The Kier molecular flexibility index (Phi) is 4.11. The first kappa shape index (κ1) is 18.1. The van der Waals surface area contributed by atoms with E-state index >= 15 is 0 Å². The van der Waals surface area contributed by atoms with Crippen molar-refractivity contribution in [2.24, 2.45) is 4.99 Å². The lowest BCUT2D eigenvalue weighted by Gasteiger charge is -2.25. The van der Waals surface area contributed by atoms with Gasteiger partial charge in [0.1, 0.15) is 17.9 Å². The molecule has 2 aliphatic heterocycles. The molecule has 1 aromatic heterocycles. The molecule has 2 aliphatic rings. The molecule has 0 unspecified atom stereocenters. The molecule has 8 heteroatoms. The number of amides is 1. The van der Waals surface area contributed by atoms with Gasteiger partial charge in [-0.15, -0.1) is 0 Å². The quantitative estimate of drug-likeness (QED) is 0.652. The summed E-state index contributed by atoms with van der Waals surface area (Å²) in [6.45, 7) is 4.77. The summed E-state index contributed by atoms with van der Waals surface area (Å²) in [5, 5.41) is 3.58. The number of nitrogens with zero attached hydrogens (tertiary/aromatic N) is 3. The number of carbonyl (C=O) groups excluding carboxylic acids is 1. The van der Waals surface area contributed by atoms with E-state index in [0.29, 0.717) is 33.3 Å². The highest BCUT2D eigenvalue weighted by atomic mass is 35.5. The number of benzene rings is 2. The van der Waals surface area contributed by atoms with Gasteiger partial charge in [-0.2, -0.15) is 0 Å². The zero-order valence-corrected chi connectivity index (χ0v) is 17.4. The number of hydrogen-bond donors (Lipinski definition) is 1. The summed E-state index contributed by atoms with van der Waals surface area (Å²) < 4.78 is 2.06. The second-order valence-corrected chi connectivity index (χ2v) is 8.65. The Hall–Kier alpha value is -2.90. The number of hydrogen-bond acceptors (Lipinski definition) is 5. The van der Waals surface area contributed by atoms with E-state index < -0.39 is 0 Å². The maximum absolute atomic E-state index is 13.2. The van der Waals surface area contributed by atoms with Gasteiger partial charge in [0.05, 0.1) is 11.3 Å². The molecule has 2 aromatic carbocycles. The molecule has 146 valence electrons. The van der Waals surface area contributed by atoms with Crippen LogP contribution in [0.5, 0.6) is 0 Å². The van der Waals surface area contributed by atoms with Crippen LogP contribution in [0.3, 0.4) is 0 Å². The van der Waals surface area contributed by atoms with Crippen LogP contribution in [-0.4, -0.2) is 17.1 Å². The van der Waals surface area contributed by atoms with Gasteiger partial charge in [0.25, 0.3) is 11.5 Å². The number of carbonyl (C=O) groups is 1. The summed E-state index contributed by atoms with van der Waals surface area (Å²) in [5.41, 5.74) is 4.80. The second-order valence-electron chi connectivity index (χ2n) is 7.24. The summed E-state index contributed by atoms with van der Waals surface area (Å²) in [6.07, 6.45) is 0. The highest BCUT2D eigenvalue weighted by molar-refractivity contribution is 7.07. The summed E-state index contributed by atoms with van der Waals surface area (Å²) in [5.74, 6) is -0.237. The van der Waals surface area contributed by atoms with Crippen molar-refractivity contribution in [2.75, 3.05) is 16.9 Å². The lowest BCUT2D eigenvalue weighted by Crippen LogP contribution is -2.43. The molecular formula is C21H17ClN4O2S. The molecule has 0 spiro atoms. The third-order valence-electron chi connectivity index (χ3n) is 5.19. The van der Waals surface area contributed by atoms with Crippen molar-refractivity contribution in [3.05, 3.63) is 77.8 Å². The Morgan fingerprint density at radius 2 is 1.90 bits per heavy atom. The summed E-state index contributed by atoms with van der Waals surface area (Å²) in [7, 11) is 0. The molecule has 0 atom stereocenters. The normalized spacial score (nSPS) is 16.9. The van der Waals surface area contributed by atoms with Crippen LogP contribution in [0.2, 0.25) is 5.02 Å². The summed E-state index contributed by atoms with van der Waals surface area (Å²) in [4.78, 5) is 33.1. The molecule has 0 bridgehead atoms. The minimum absolute atomic E-state index is 0.190. The number of aromatic nitrogens is 1. The number of rotatable bonds is 1. The maximum Gasteiger partial charge on any atom is 0.272 e. The first-order chi connectivity index (χ1) is 13.9. The van der Waals surface area contributed by atoms with E-state index in [1.165, 1.54) is 11.3 Å². The number of thiazole rings is 1. The van der Waals surface area contributed by atoms with Crippen LogP contribution >= 0.6 is 22.9 Å². The van der Waals surface area contributed by atoms with Crippen LogP contribution < -0.4 is 25.1 Å². The van der Waals surface area contributed by atoms with Crippen molar-refractivity contribution < 1.29 is 4.79 Å². The topological polar surface area (TPSA) is 66.7 Å². The maximum atomic E-state index is 13.2. The van der Waals surface area contributed by atoms with E-state index in [1.807, 2.05) is 55.1 Å². The number of fused-ring (bicyclic) bond motifs is 2. The zero-order valence-electron chi connectivity index (χ0n) is 15.8. The average Bonchev–Trinajstić information content (AvgIpc) is 3.18. The molecule has 5 rings (SSSR count). The predicted octanol–water partition coefficient (Wildman–Crippen LogP) is 2.39. The van der Waals surface area contributed by atoms with Gasteiger partial charge in [-0.1, -0.05) is 34.6 Å². The number of halogens is 1. The molecule has 1 amide bonds. The Bertz CT molecular complexity index is 1360. The zero-order chi connectivity index (χ0) is 20.3. The van der Waals surface area contributed by atoms with Gasteiger partial charge in [-0.05, 0) is 49.7 Å². The molecule has 0 saturated carbocycles. The molecule has 0 radical (unpaired) electrons. The van der Waals surface area contributed by atoms with Crippen molar-refractivity contribution in [3.63, 3.8) is 0 Å². The Morgan fingerprint density at radius 3 is 2.66 bits per heavy atom. The molecule has 6 nitrogen and oxygen atoms in total. The van der Waals surface area contributed by atoms with Gasteiger partial charge in [0.2, 0.25) is 0 Å². The summed E-state index contributed by atoms with van der Waals surface area (Å²) >= 11 is 7.25. The molecule has 0 aliphatic carbocycles. The van der Waals surface area contributed by atoms with Crippen molar-refractivity contribution in [1.29, 1.82) is 0 Å². The molecule has 0 saturated heterocycles. The van der Waals surface area contributed by atoms with E-state index in [2.05, 4.69) is 10.3 Å². The highest BCUT2D eigenvalue weighted by Crippen LogP contribution is 2.33. The Morgan fingerprint density at radius 1 is 1.14 bits per heavy atom. The monoisotopic (exact) mass is 424 g/mol. The minimum atomic E-state index is -0.237. The third-order valence-corrected chi connectivity index (χ3v) is 6.55. The molecule has 29 heavy (non-hydrogen) atoms. The fourth-order valence-electron chi connectivity index (χ4n) is 3.83. The van der Waals surface area contributed by atoms with Gasteiger partial charge in [0.15, 0.2) is 4.80 Å². The minimum Gasteiger partial charge on any atom is -0.334 e. The van der Waals surface area contributed by atoms with Gasteiger partial charge in [-0.25, -0.2) is 4.99 Å². The van der Waals surface area contributed by atoms with E-state index in [4.69, 9.17) is 11.6 Å². The molecule has 1 N–H and O–H groups in total. The van der Waals surface area contributed by atoms with Crippen molar-refractivity contribution in [2.45, 2.75) is 20.5 Å². The SMILES string of the molecule is Cc1cc(C)c2c(c1)/C(=c1/sc3n(c1=O)CN(c1ccc(Cl)cc1)CN=3)C(=O)N2. The first-order valence-corrected chi connectivity index (χ1v) is 10.3. The van der Waals surface area contributed by atoms with Crippen LogP contribution in [0.4, 0.5) is 11.4 Å². The van der Waals surface area contributed by atoms with Crippen molar-refractivity contribution >= 4 is 45.8 Å². The molecule has 0 fully saturated rings. The average molecular weight is 425 g/mol. The van der Waals surface area contributed by atoms with Crippen LogP contribution in [0, 0.1) is 13.8 Å². The largest absolute Gasteiger partial charge is 0.334 e. The van der Waals surface area contributed by atoms with Crippen molar-refractivity contribution in [1.82, 2.24) is 4.57 Å². The highest BCUT2D eigenvalue weighted by Gasteiger charge is 2.29. The number of aryl methyl sites for hydroxylation is 2. The predicted molar refractivity (Wildman–Crippen MR) is 115 cm³/mol. The van der Waals surface area contributed by atoms with Gasteiger partial charge < -0.3 is 10.2 Å². The first-order valence-electron chi connectivity index (χ1n) is 9.14. The van der Waals surface area contributed by atoms with Gasteiger partial charge in [-0.3, -0.25) is 14.2 Å². The van der Waals surface area contributed by atoms with Gasteiger partial charge in [0, 0.05) is 16.3 Å². The standard InChI is InChI=1S/C21H17ClN4O2S/c1-11-7-12(2)17-15(8-11)16(19(27)24-17)18-20(28)26-10-25(9-23-21(26)29-18)14-5-3-13(22)4-6-14/h3-8H,9-10H2,1-2H3,(H,24,27)/b18-16-. The van der Waals surface area contributed by atoms with Crippen molar-refractivity contribution in [3.8, 4) is 0 Å². The van der Waals surface area contributed by atoms with Crippen LogP contribution in [0.1, 0.15) is 16.7 Å². The lowest BCUT2D eigenvalue weighted by molar-refractivity contribution is -0.110. The number of nitrogens with one attached hydrogen (secondary N) is 1. The molecule has 3 aromatic rings. The smallest absolute Gasteiger partial charge is 0.272 e. The second kappa shape index (κ2) is 6.57. The molecular weight excluding hydrogens is 408 g/mol. The fraction of sp³-hybridized carbons (Fsp3) is 0.190. The van der Waals surface area contributed by atoms with E-state index in [-0.39, 0.29) is 11.5 Å². The Balaban J connectivity index is 1.66. The van der Waals surface area contributed by atoms with Gasteiger partial charge >= 0.3 is 0 Å². The molecule has 3 heterocycles. The lowest BCUT2D eigenvalue weighted by atomic mass is 10.0. The third kappa shape index (κ3) is 2.89. The van der Waals surface area contributed by atoms with E-state index in [1.54, 1.807) is 4.57 Å². The van der Waals surface area contributed by atoms with Crippen LogP contribution in [0.15, 0.2) is 46.2 Å². The van der Waals surface area contributed by atoms with Crippen LogP contribution in [0.25, 0.3) is 5.57 Å². The fourth-order valence-corrected chi connectivity index (χ4v) is 5.01. The number of anilines is 2. The van der Waals surface area contributed by atoms with Crippen LogP contribution in [-0.2, 0) is 11.5 Å². The van der Waals surface area contributed by atoms with E-state index in [9.17, 15) is 9.59 Å². The van der Waals surface area contributed by atoms with E-state index in [0.717, 1.165) is 28.1 Å².